The molecule has 0 amide bonds. The fourth-order valence-corrected chi connectivity index (χ4v) is 1.67. The number of rotatable bonds is 6. The Balaban J connectivity index is 3.70. The minimum Gasteiger partial charge on any atom is -0.373 e. The minimum atomic E-state index is 0.0728. The molecule has 0 radical (unpaired) electrons. The molecule has 0 aromatic heterocycles. The zero-order chi connectivity index (χ0) is 9.61. The maximum Gasteiger partial charge on any atom is 0.0630 e. The molecule has 74 valence electrons. The van der Waals surface area contributed by atoms with Gasteiger partial charge in [-0.25, -0.2) is 0 Å². The second-order valence-corrected chi connectivity index (χ2v) is 4.23. The third-order valence-electron chi connectivity index (χ3n) is 2.07. The Labute approximate surface area is 77.5 Å². The Bertz CT molecular complexity index is 108. The smallest absolute Gasteiger partial charge is 0.0630 e. The van der Waals surface area contributed by atoms with Crippen LogP contribution in [0.2, 0.25) is 0 Å². The molecule has 0 heterocycles. The van der Waals surface area contributed by atoms with Crippen LogP contribution >= 0.6 is 0 Å². The van der Waals surface area contributed by atoms with Gasteiger partial charge in [-0.2, -0.15) is 0 Å². The van der Waals surface area contributed by atoms with Crippen molar-refractivity contribution in [3.05, 3.63) is 0 Å². The minimum absolute atomic E-state index is 0.0728. The normalized spacial score (nSPS) is 14.8. The van der Waals surface area contributed by atoms with E-state index >= 15 is 0 Å². The van der Waals surface area contributed by atoms with Crippen LogP contribution in [0, 0.1) is 0 Å². The van der Waals surface area contributed by atoms with Crippen molar-refractivity contribution in [2.75, 3.05) is 0 Å². The van der Waals surface area contributed by atoms with Crippen LogP contribution in [0.15, 0.2) is 0 Å². The average molecular weight is 172 g/mol. The van der Waals surface area contributed by atoms with E-state index in [0.29, 0.717) is 6.10 Å². The summed E-state index contributed by atoms with van der Waals surface area (Å²) in [5, 5.41) is 0. The molecule has 0 aliphatic rings. The predicted molar refractivity (Wildman–Crippen MR) is 54.4 cm³/mol. The summed E-state index contributed by atoms with van der Waals surface area (Å²) >= 11 is 0. The summed E-state index contributed by atoms with van der Waals surface area (Å²) in [6.45, 7) is 10.9. The number of ether oxygens (including phenoxy) is 1. The van der Waals surface area contributed by atoms with Crippen LogP contribution in [0.4, 0.5) is 0 Å². The molecule has 0 saturated heterocycles. The van der Waals surface area contributed by atoms with Crippen molar-refractivity contribution in [3.8, 4) is 0 Å². The van der Waals surface area contributed by atoms with E-state index in [1.54, 1.807) is 0 Å². The van der Waals surface area contributed by atoms with Gasteiger partial charge in [-0.05, 0) is 33.6 Å². The molecule has 0 bridgehead atoms. The highest BCUT2D eigenvalue weighted by Gasteiger charge is 2.19. The molecule has 1 unspecified atom stereocenters. The molecular formula is C11H24O. The van der Waals surface area contributed by atoms with Gasteiger partial charge in [0, 0.05) is 0 Å². The maximum atomic E-state index is 5.92. The Kier molecular flexibility index (Phi) is 5.56. The summed E-state index contributed by atoms with van der Waals surface area (Å²) in [4.78, 5) is 0. The van der Waals surface area contributed by atoms with Gasteiger partial charge in [-0.3, -0.25) is 0 Å². The fourth-order valence-electron chi connectivity index (χ4n) is 1.67. The predicted octanol–water partition coefficient (Wildman–Crippen LogP) is 3.77. The molecule has 0 fully saturated rings. The van der Waals surface area contributed by atoms with Gasteiger partial charge in [-0.1, -0.05) is 26.7 Å². The van der Waals surface area contributed by atoms with Crippen molar-refractivity contribution in [1.82, 2.24) is 0 Å². The van der Waals surface area contributed by atoms with E-state index < -0.39 is 0 Å². The van der Waals surface area contributed by atoms with Gasteiger partial charge < -0.3 is 4.74 Å². The zero-order valence-corrected chi connectivity index (χ0v) is 9.31. The molecule has 0 rings (SSSR count). The molecule has 0 saturated carbocycles. The second-order valence-electron chi connectivity index (χ2n) is 4.23. The molecule has 1 heteroatoms. The molecule has 0 aliphatic carbocycles. The monoisotopic (exact) mass is 172 g/mol. The van der Waals surface area contributed by atoms with Crippen LogP contribution in [0.1, 0.15) is 60.3 Å². The topological polar surface area (TPSA) is 9.23 Å². The van der Waals surface area contributed by atoms with E-state index in [1.807, 2.05) is 0 Å². The largest absolute Gasteiger partial charge is 0.373 e. The molecule has 1 nitrogen and oxygen atoms in total. The Morgan fingerprint density at radius 3 is 2.17 bits per heavy atom. The first-order valence-corrected chi connectivity index (χ1v) is 5.19. The van der Waals surface area contributed by atoms with Gasteiger partial charge in [0.05, 0.1) is 11.7 Å². The first-order valence-electron chi connectivity index (χ1n) is 5.19. The van der Waals surface area contributed by atoms with Crippen molar-refractivity contribution in [3.63, 3.8) is 0 Å². The van der Waals surface area contributed by atoms with Crippen molar-refractivity contribution >= 4 is 0 Å². The maximum absolute atomic E-state index is 5.92. The number of hydrogen-bond donors (Lipinski definition) is 0. The van der Waals surface area contributed by atoms with Crippen LogP contribution in [0.5, 0.6) is 0 Å². The van der Waals surface area contributed by atoms with E-state index in [2.05, 4.69) is 34.6 Å². The Morgan fingerprint density at radius 2 is 1.75 bits per heavy atom. The number of hydrogen-bond acceptors (Lipinski definition) is 1. The lowest BCUT2D eigenvalue weighted by atomic mass is 10.0. The third-order valence-corrected chi connectivity index (χ3v) is 2.07. The van der Waals surface area contributed by atoms with Crippen molar-refractivity contribution in [1.29, 1.82) is 0 Å². The van der Waals surface area contributed by atoms with Gasteiger partial charge >= 0.3 is 0 Å². The van der Waals surface area contributed by atoms with E-state index in [4.69, 9.17) is 4.74 Å². The highest BCUT2D eigenvalue weighted by molar-refractivity contribution is 4.69. The Hall–Kier alpha value is -0.0400. The van der Waals surface area contributed by atoms with Gasteiger partial charge in [0.25, 0.3) is 0 Å². The first-order chi connectivity index (χ1) is 5.52. The lowest BCUT2D eigenvalue weighted by Gasteiger charge is -2.28. The average Bonchev–Trinajstić information content (AvgIpc) is 1.85. The first kappa shape index (κ1) is 12.0. The van der Waals surface area contributed by atoms with Crippen molar-refractivity contribution < 1.29 is 4.74 Å². The van der Waals surface area contributed by atoms with E-state index in [-0.39, 0.29) is 5.60 Å². The lowest BCUT2D eigenvalue weighted by Crippen LogP contribution is -2.28. The molecule has 0 aromatic carbocycles. The highest BCUT2D eigenvalue weighted by atomic mass is 16.5. The van der Waals surface area contributed by atoms with E-state index in [0.717, 1.165) is 6.42 Å². The van der Waals surface area contributed by atoms with Gasteiger partial charge in [0.1, 0.15) is 0 Å². The van der Waals surface area contributed by atoms with Gasteiger partial charge in [-0.15, -0.1) is 0 Å². The van der Waals surface area contributed by atoms with Crippen molar-refractivity contribution in [2.45, 2.75) is 72.0 Å². The van der Waals surface area contributed by atoms with Gasteiger partial charge in [0.2, 0.25) is 0 Å². The lowest BCUT2D eigenvalue weighted by molar-refractivity contribution is -0.0712. The SMILES string of the molecule is CCCC(C)OC(C)(C)CCC. The fraction of sp³-hybridized carbons (Fsp3) is 1.00. The summed E-state index contributed by atoms with van der Waals surface area (Å²) in [5.41, 5.74) is 0.0728. The molecule has 0 aromatic rings. The van der Waals surface area contributed by atoms with Crippen LogP contribution in [0.3, 0.4) is 0 Å². The third kappa shape index (κ3) is 5.59. The molecule has 0 aliphatic heterocycles. The standard InChI is InChI=1S/C11H24O/c1-6-8-10(3)12-11(4,5)9-7-2/h10H,6-9H2,1-5H3. The van der Waals surface area contributed by atoms with E-state index in [9.17, 15) is 0 Å². The second kappa shape index (κ2) is 5.58. The summed E-state index contributed by atoms with van der Waals surface area (Å²) < 4.78 is 5.92. The summed E-state index contributed by atoms with van der Waals surface area (Å²) in [6.07, 6.45) is 5.15. The van der Waals surface area contributed by atoms with E-state index in [1.165, 1.54) is 19.3 Å². The van der Waals surface area contributed by atoms with Crippen LogP contribution in [0.25, 0.3) is 0 Å². The molecule has 12 heavy (non-hydrogen) atoms. The molecule has 0 N–H and O–H groups in total. The molecular weight excluding hydrogens is 148 g/mol. The molecule has 1 atom stereocenters. The Morgan fingerprint density at radius 1 is 1.17 bits per heavy atom. The summed E-state index contributed by atoms with van der Waals surface area (Å²) in [5.74, 6) is 0. The summed E-state index contributed by atoms with van der Waals surface area (Å²) in [7, 11) is 0. The zero-order valence-electron chi connectivity index (χ0n) is 9.31. The summed E-state index contributed by atoms with van der Waals surface area (Å²) in [6, 6.07) is 0. The van der Waals surface area contributed by atoms with Crippen LogP contribution in [-0.4, -0.2) is 11.7 Å². The highest BCUT2D eigenvalue weighted by Crippen LogP contribution is 2.20. The quantitative estimate of drug-likeness (QED) is 0.592. The van der Waals surface area contributed by atoms with Crippen LogP contribution in [-0.2, 0) is 4.74 Å². The van der Waals surface area contributed by atoms with Gasteiger partial charge in [0.15, 0.2) is 0 Å². The van der Waals surface area contributed by atoms with Crippen molar-refractivity contribution in [2.24, 2.45) is 0 Å². The molecule has 0 spiro atoms. The van der Waals surface area contributed by atoms with Crippen LogP contribution < -0.4 is 0 Å².